The van der Waals surface area contributed by atoms with Crippen molar-refractivity contribution in [3.05, 3.63) is 48.3 Å². The molecule has 148 valence electrons. The van der Waals surface area contributed by atoms with Gasteiger partial charge in [0, 0.05) is 42.8 Å². The van der Waals surface area contributed by atoms with Gasteiger partial charge in [0.25, 0.3) is 5.91 Å². The minimum Gasteiger partial charge on any atom is -0.460 e. The summed E-state index contributed by atoms with van der Waals surface area (Å²) in [6, 6.07) is 10.2. The van der Waals surface area contributed by atoms with Crippen molar-refractivity contribution >= 4 is 11.6 Å². The monoisotopic (exact) mass is 382 g/mol. The van der Waals surface area contributed by atoms with Crippen molar-refractivity contribution in [2.24, 2.45) is 0 Å². The predicted molar refractivity (Wildman–Crippen MR) is 106 cm³/mol. The number of amides is 1. The van der Waals surface area contributed by atoms with Crippen LogP contribution in [0, 0.1) is 0 Å². The average molecular weight is 382 g/mol. The zero-order valence-electron chi connectivity index (χ0n) is 15.9. The van der Waals surface area contributed by atoms with Crippen molar-refractivity contribution in [2.45, 2.75) is 37.8 Å². The van der Waals surface area contributed by atoms with Gasteiger partial charge in [0.05, 0.1) is 13.2 Å². The quantitative estimate of drug-likeness (QED) is 0.856. The van der Waals surface area contributed by atoms with Crippen molar-refractivity contribution in [1.29, 1.82) is 0 Å². The third-order valence-electron chi connectivity index (χ3n) is 5.33. The summed E-state index contributed by atoms with van der Waals surface area (Å²) in [7, 11) is 0. The van der Waals surface area contributed by atoms with E-state index in [-0.39, 0.29) is 18.1 Å². The molecular weight excluding hydrogens is 356 g/mol. The molecule has 1 saturated carbocycles. The van der Waals surface area contributed by atoms with E-state index in [2.05, 4.69) is 20.2 Å². The van der Waals surface area contributed by atoms with E-state index in [0.29, 0.717) is 11.6 Å². The number of carbonyl (C=O) groups excluding carboxylic acids is 1. The second-order valence-electron chi connectivity index (χ2n) is 7.24. The predicted octanol–water partition coefficient (Wildman–Crippen LogP) is 2.43. The van der Waals surface area contributed by atoms with Gasteiger partial charge in [-0.25, -0.2) is 9.97 Å². The molecule has 28 heavy (non-hydrogen) atoms. The molecule has 1 aliphatic carbocycles. The molecule has 7 nitrogen and oxygen atoms in total. The summed E-state index contributed by atoms with van der Waals surface area (Å²) < 4.78 is 11.2. The van der Waals surface area contributed by atoms with Gasteiger partial charge >= 0.3 is 6.01 Å². The summed E-state index contributed by atoms with van der Waals surface area (Å²) in [5, 5.41) is 3.16. The number of ether oxygens (including phenoxy) is 2. The zero-order chi connectivity index (χ0) is 19.2. The van der Waals surface area contributed by atoms with Crippen molar-refractivity contribution in [3.63, 3.8) is 0 Å². The van der Waals surface area contributed by atoms with Gasteiger partial charge in [0.1, 0.15) is 6.10 Å². The van der Waals surface area contributed by atoms with E-state index in [1.54, 1.807) is 18.5 Å². The standard InChI is InChI=1S/C21H26N4O3/c26-20(16-2-6-18(7-3-16)25-12-14-27-15-13-25)24-17-4-8-19(9-5-17)28-21-22-10-1-11-23-21/h1-3,6-7,10-11,17,19H,4-5,8-9,12-15H2,(H,24,26). The van der Waals surface area contributed by atoms with Crippen LogP contribution in [-0.2, 0) is 4.74 Å². The topological polar surface area (TPSA) is 76.6 Å². The van der Waals surface area contributed by atoms with Crippen LogP contribution in [0.5, 0.6) is 6.01 Å². The average Bonchev–Trinajstić information content (AvgIpc) is 2.76. The Hall–Kier alpha value is -2.67. The summed E-state index contributed by atoms with van der Waals surface area (Å²) in [6.45, 7) is 3.30. The number of nitrogens with zero attached hydrogens (tertiary/aromatic N) is 3. The molecule has 7 heteroatoms. The number of rotatable bonds is 5. The molecule has 2 heterocycles. The van der Waals surface area contributed by atoms with Gasteiger partial charge in [-0.3, -0.25) is 4.79 Å². The lowest BCUT2D eigenvalue weighted by atomic mass is 9.92. The van der Waals surface area contributed by atoms with Crippen LogP contribution in [0.25, 0.3) is 0 Å². The largest absolute Gasteiger partial charge is 0.460 e. The molecule has 1 saturated heterocycles. The smallest absolute Gasteiger partial charge is 0.316 e. The molecule has 2 aromatic rings. The Balaban J connectivity index is 1.25. The summed E-state index contributed by atoms with van der Waals surface area (Å²) in [6.07, 6.45) is 7.04. The minimum absolute atomic E-state index is 0.00992. The van der Waals surface area contributed by atoms with Crippen LogP contribution in [0.4, 0.5) is 5.69 Å². The number of carbonyl (C=O) groups is 1. The third kappa shape index (κ3) is 4.78. The van der Waals surface area contributed by atoms with Gasteiger partial charge in [0.2, 0.25) is 0 Å². The molecule has 0 spiro atoms. The number of hydrogen-bond donors (Lipinski definition) is 1. The number of aromatic nitrogens is 2. The Morgan fingerprint density at radius 3 is 2.39 bits per heavy atom. The fraction of sp³-hybridized carbons (Fsp3) is 0.476. The van der Waals surface area contributed by atoms with E-state index in [1.807, 2.05) is 24.3 Å². The Morgan fingerprint density at radius 2 is 1.71 bits per heavy atom. The summed E-state index contributed by atoms with van der Waals surface area (Å²) in [5.74, 6) is -0.00992. The lowest BCUT2D eigenvalue weighted by Gasteiger charge is -2.29. The van der Waals surface area contributed by atoms with E-state index < -0.39 is 0 Å². The van der Waals surface area contributed by atoms with Gasteiger partial charge in [-0.05, 0) is 56.0 Å². The number of hydrogen-bond acceptors (Lipinski definition) is 6. The second-order valence-corrected chi connectivity index (χ2v) is 7.24. The SMILES string of the molecule is O=C(NC1CCC(Oc2ncccn2)CC1)c1ccc(N2CCOCC2)cc1. The van der Waals surface area contributed by atoms with Crippen LogP contribution in [0.15, 0.2) is 42.7 Å². The summed E-state index contributed by atoms with van der Waals surface area (Å²) in [4.78, 5) is 23.1. The van der Waals surface area contributed by atoms with Crippen molar-refractivity contribution < 1.29 is 14.3 Å². The number of benzene rings is 1. The van der Waals surface area contributed by atoms with Crippen molar-refractivity contribution in [1.82, 2.24) is 15.3 Å². The van der Waals surface area contributed by atoms with E-state index in [4.69, 9.17) is 9.47 Å². The normalized spacial score (nSPS) is 22.5. The molecule has 1 N–H and O–H groups in total. The number of nitrogens with one attached hydrogen (secondary N) is 1. The molecule has 0 bridgehead atoms. The maximum atomic E-state index is 12.6. The second kappa shape index (κ2) is 9.01. The highest BCUT2D eigenvalue weighted by Gasteiger charge is 2.24. The molecule has 1 aliphatic heterocycles. The maximum absolute atomic E-state index is 12.6. The van der Waals surface area contributed by atoms with Crippen LogP contribution in [0.3, 0.4) is 0 Å². The highest BCUT2D eigenvalue weighted by molar-refractivity contribution is 5.94. The molecule has 2 fully saturated rings. The van der Waals surface area contributed by atoms with Gasteiger partial charge in [-0.15, -0.1) is 0 Å². The van der Waals surface area contributed by atoms with Gasteiger partial charge < -0.3 is 19.7 Å². The van der Waals surface area contributed by atoms with Crippen molar-refractivity contribution in [2.75, 3.05) is 31.2 Å². The molecular formula is C21H26N4O3. The molecule has 1 amide bonds. The van der Waals surface area contributed by atoms with E-state index in [9.17, 15) is 4.79 Å². The van der Waals surface area contributed by atoms with E-state index >= 15 is 0 Å². The van der Waals surface area contributed by atoms with Gasteiger partial charge in [-0.1, -0.05) is 0 Å². The fourth-order valence-corrected chi connectivity index (χ4v) is 3.73. The Labute approximate surface area is 165 Å². The van der Waals surface area contributed by atoms with Gasteiger partial charge in [0.15, 0.2) is 0 Å². The van der Waals surface area contributed by atoms with Crippen LogP contribution < -0.4 is 15.0 Å². The Bertz CT molecular complexity index is 755. The molecule has 1 aromatic carbocycles. The minimum atomic E-state index is -0.00992. The third-order valence-corrected chi connectivity index (χ3v) is 5.33. The lowest BCUT2D eigenvalue weighted by molar-refractivity contribution is 0.0885. The first-order valence-electron chi connectivity index (χ1n) is 9.95. The molecule has 4 rings (SSSR count). The van der Waals surface area contributed by atoms with Gasteiger partial charge in [-0.2, -0.15) is 0 Å². The molecule has 0 radical (unpaired) electrons. The molecule has 0 atom stereocenters. The summed E-state index contributed by atoms with van der Waals surface area (Å²) in [5.41, 5.74) is 1.84. The zero-order valence-corrected chi connectivity index (χ0v) is 15.9. The van der Waals surface area contributed by atoms with Crippen LogP contribution in [0.2, 0.25) is 0 Å². The van der Waals surface area contributed by atoms with Crippen LogP contribution >= 0.6 is 0 Å². The maximum Gasteiger partial charge on any atom is 0.316 e. The number of anilines is 1. The van der Waals surface area contributed by atoms with Crippen molar-refractivity contribution in [3.8, 4) is 6.01 Å². The highest BCUT2D eigenvalue weighted by atomic mass is 16.5. The molecule has 1 aromatic heterocycles. The molecule has 0 unspecified atom stereocenters. The van der Waals surface area contributed by atoms with E-state index in [0.717, 1.165) is 57.7 Å². The van der Waals surface area contributed by atoms with E-state index in [1.165, 1.54) is 0 Å². The number of morpholine rings is 1. The lowest BCUT2D eigenvalue weighted by Crippen LogP contribution is -2.40. The van der Waals surface area contributed by atoms with Crippen LogP contribution in [0.1, 0.15) is 36.0 Å². The molecule has 2 aliphatic rings. The first-order valence-corrected chi connectivity index (χ1v) is 9.95. The Morgan fingerprint density at radius 1 is 1.04 bits per heavy atom. The first kappa shape index (κ1) is 18.7. The van der Waals surface area contributed by atoms with Crippen LogP contribution in [-0.4, -0.2) is 54.3 Å². The highest BCUT2D eigenvalue weighted by Crippen LogP contribution is 2.23. The summed E-state index contributed by atoms with van der Waals surface area (Å²) >= 11 is 0. The fourth-order valence-electron chi connectivity index (χ4n) is 3.73. The first-order chi connectivity index (χ1) is 13.8. The Kier molecular flexibility index (Phi) is 6.01.